The van der Waals surface area contributed by atoms with Crippen molar-refractivity contribution in [3.63, 3.8) is 0 Å². The fourth-order valence-corrected chi connectivity index (χ4v) is 3.05. The molecule has 12 heavy (non-hydrogen) atoms. The van der Waals surface area contributed by atoms with Crippen LogP contribution in [-0.4, -0.2) is 5.84 Å². The van der Waals surface area contributed by atoms with E-state index in [0.29, 0.717) is 11.8 Å². The van der Waals surface area contributed by atoms with E-state index in [1.54, 1.807) is 0 Å². The molecule has 0 radical (unpaired) electrons. The maximum Gasteiger partial charge on any atom is 0.0974 e. The van der Waals surface area contributed by atoms with Crippen molar-refractivity contribution < 1.29 is 0 Å². The Morgan fingerprint density at radius 3 is 2.25 bits per heavy atom. The first-order valence-electron chi connectivity index (χ1n) is 5.02. The molecule has 2 rings (SSSR count). The van der Waals surface area contributed by atoms with E-state index < -0.39 is 0 Å². The van der Waals surface area contributed by atoms with Crippen molar-refractivity contribution in [2.45, 2.75) is 39.0 Å². The van der Waals surface area contributed by atoms with Gasteiger partial charge < -0.3 is 5.73 Å². The summed E-state index contributed by atoms with van der Waals surface area (Å²) in [5, 5.41) is 7.63. The molecular weight excluding hydrogens is 148 g/mol. The number of amidine groups is 1. The van der Waals surface area contributed by atoms with Crippen LogP contribution in [0.25, 0.3) is 0 Å². The van der Waals surface area contributed by atoms with Crippen LogP contribution in [0.3, 0.4) is 0 Å². The van der Waals surface area contributed by atoms with Crippen molar-refractivity contribution in [2.75, 3.05) is 0 Å². The molecule has 2 unspecified atom stereocenters. The highest BCUT2D eigenvalue weighted by atomic mass is 14.8. The topological polar surface area (TPSA) is 49.9 Å². The van der Waals surface area contributed by atoms with Gasteiger partial charge in [-0.2, -0.15) is 0 Å². The normalized spacial score (nSPS) is 41.6. The molecule has 2 atom stereocenters. The molecule has 0 bridgehead atoms. The first-order chi connectivity index (χ1) is 5.68. The van der Waals surface area contributed by atoms with E-state index in [1.807, 2.05) is 0 Å². The first-order valence-corrected chi connectivity index (χ1v) is 5.02. The largest absolute Gasteiger partial charge is 0.387 e. The van der Waals surface area contributed by atoms with Crippen LogP contribution >= 0.6 is 0 Å². The van der Waals surface area contributed by atoms with E-state index in [-0.39, 0.29) is 5.41 Å². The maximum atomic E-state index is 7.63. The molecule has 2 fully saturated rings. The lowest BCUT2D eigenvalue weighted by Gasteiger charge is -2.22. The predicted molar refractivity (Wildman–Crippen MR) is 50.1 cm³/mol. The molecule has 0 aromatic rings. The molecule has 0 heterocycles. The SMILES string of the molecule is CC1CC1(C(=N)N)C1CCCC1. The Morgan fingerprint density at radius 1 is 1.42 bits per heavy atom. The van der Waals surface area contributed by atoms with Gasteiger partial charge in [-0.3, -0.25) is 5.41 Å². The Kier molecular flexibility index (Phi) is 1.67. The fourth-order valence-electron chi connectivity index (χ4n) is 3.05. The molecule has 2 nitrogen and oxygen atoms in total. The lowest BCUT2D eigenvalue weighted by Crippen LogP contribution is -2.31. The second-order valence-corrected chi connectivity index (χ2v) is 4.54. The smallest absolute Gasteiger partial charge is 0.0974 e. The van der Waals surface area contributed by atoms with Gasteiger partial charge in [-0.25, -0.2) is 0 Å². The van der Waals surface area contributed by atoms with Gasteiger partial charge in [0.25, 0.3) is 0 Å². The number of hydrogen-bond acceptors (Lipinski definition) is 1. The lowest BCUT2D eigenvalue weighted by molar-refractivity contribution is 0.382. The van der Waals surface area contributed by atoms with Gasteiger partial charge in [-0.15, -0.1) is 0 Å². The minimum absolute atomic E-state index is 0.149. The van der Waals surface area contributed by atoms with Crippen LogP contribution in [0.2, 0.25) is 0 Å². The third kappa shape index (κ3) is 0.900. The van der Waals surface area contributed by atoms with Crippen LogP contribution in [0.4, 0.5) is 0 Å². The highest BCUT2D eigenvalue weighted by Crippen LogP contribution is 2.61. The highest BCUT2D eigenvalue weighted by Gasteiger charge is 2.58. The Hall–Kier alpha value is -0.530. The summed E-state index contributed by atoms with van der Waals surface area (Å²) in [4.78, 5) is 0. The third-order valence-corrected chi connectivity index (χ3v) is 3.95. The van der Waals surface area contributed by atoms with Crippen LogP contribution in [-0.2, 0) is 0 Å². The lowest BCUT2D eigenvalue weighted by atomic mass is 9.84. The van der Waals surface area contributed by atoms with Gasteiger partial charge in [0.15, 0.2) is 0 Å². The number of nitrogens with one attached hydrogen (secondary N) is 1. The van der Waals surface area contributed by atoms with Crippen LogP contribution in [0, 0.1) is 22.7 Å². The van der Waals surface area contributed by atoms with Crippen LogP contribution in [0.5, 0.6) is 0 Å². The second kappa shape index (κ2) is 2.48. The maximum absolute atomic E-state index is 7.63. The number of hydrogen-bond donors (Lipinski definition) is 2. The van der Waals surface area contributed by atoms with E-state index in [9.17, 15) is 0 Å². The molecule has 0 aromatic carbocycles. The zero-order chi connectivity index (χ0) is 8.77. The molecule has 3 N–H and O–H groups in total. The zero-order valence-corrected chi connectivity index (χ0v) is 7.77. The average Bonchev–Trinajstić information content (AvgIpc) is 2.51. The minimum Gasteiger partial charge on any atom is -0.387 e. The van der Waals surface area contributed by atoms with Crippen molar-refractivity contribution in [3.05, 3.63) is 0 Å². The average molecular weight is 166 g/mol. The predicted octanol–water partition coefficient (Wildman–Crippen LogP) is 2.14. The fraction of sp³-hybridized carbons (Fsp3) is 0.900. The summed E-state index contributed by atoms with van der Waals surface area (Å²) < 4.78 is 0. The first kappa shape index (κ1) is 8.09. The van der Waals surface area contributed by atoms with Crippen molar-refractivity contribution in [2.24, 2.45) is 23.0 Å². The van der Waals surface area contributed by atoms with E-state index >= 15 is 0 Å². The zero-order valence-electron chi connectivity index (χ0n) is 7.77. The summed E-state index contributed by atoms with van der Waals surface area (Å²) in [5.41, 5.74) is 5.84. The van der Waals surface area contributed by atoms with E-state index in [1.165, 1.54) is 32.1 Å². The van der Waals surface area contributed by atoms with Crippen LogP contribution in [0.15, 0.2) is 0 Å². The van der Waals surface area contributed by atoms with Gasteiger partial charge in [0.2, 0.25) is 0 Å². The third-order valence-electron chi connectivity index (χ3n) is 3.95. The number of nitrogens with two attached hydrogens (primary N) is 1. The molecule has 2 saturated carbocycles. The second-order valence-electron chi connectivity index (χ2n) is 4.54. The molecule has 2 heteroatoms. The quantitative estimate of drug-likeness (QED) is 0.479. The Morgan fingerprint density at radius 2 is 1.92 bits per heavy atom. The Bertz CT molecular complexity index is 206. The van der Waals surface area contributed by atoms with Crippen molar-refractivity contribution in [1.29, 1.82) is 5.41 Å². The summed E-state index contributed by atoms with van der Waals surface area (Å²) in [6.45, 7) is 2.24. The Labute approximate surface area is 74.0 Å². The van der Waals surface area contributed by atoms with Crippen molar-refractivity contribution in [1.82, 2.24) is 0 Å². The van der Waals surface area contributed by atoms with E-state index in [0.717, 1.165) is 5.92 Å². The van der Waals surface area contributed by atoms with E-state index in [2.05, 4.69) is 6.92 Å². The van der Waals surface area contributed by atoms with Crippen molar-refractivity contribution in [3.8, 4) is 0 Å². The molecule has 68 valence electrons. The van der Waals surface area contributed by atoms with E-state index in [4.69, 9.17) is 11.1 Å². The van der Waals surface area contributed by atoms with Gasteiger partial charge in [-0.1, -0.05) is 19.8 Å². The molecule has 0 amide bonds. The van der Waals surface area contributed by atoms with Crippen molar-refractivity contribution >= 4 is 5.84 Å². The minimum atomic E-state index is 0.149. The summed E-state index contributed by atoms with van der Waals surface area (Å²) in [6.07, 6.45) is 6.50. The molecule has 2 aliphatic rings. The monoisotopic (exact) mass is 166 g/mol. The molecular formula is C10H18N2. The highest BCUT2D eigenvalue weighted by molar-refractivity contribution is 5.87. The van der Waals surface area contributed by atoms with Gasteiger partial charge >= 0.3 is 0 Å². The standard InChI is InChI=1S/C10H18N2/c1-7-6-10(7,9(11)12)8-4-2-3-5-8/h7-8H,2-6H2,1H3,(H3,11,12). The molecule has 2 aliphatic carbocycles. The molecule has 0 saturated heterocycles. The molecule has 0 spiro atoms. The summed E-state index contributed by atoms with van der Waals surface area (Å²) in [6, 6.07) is 0. The summed E-state index contributed by atoms with van der Waals surface area (Å²) in [7, 11) is 0. The summed E-state index contributed by atoms with van der Waals surface area (Å²) in [5.74, 6) is 1.88. The van der Waals surface area contributed by atoms with Gasteiger partial charge in [-0.05, 0) is 31.1 Å². The van der Waals surface area contributed by atoms with Gasteiger partial charge in [0.1, 0.15) is 0 Å². The number of rotatable bonds is 2. The van der Waals surface area contributed by atoms with Crippen LogP contribution in [0.1, 0.15) is 39.0 Å². The van der Waals surface area contributed by atoms with Gasteiger partial charge in [0, 0.05) is 5.41 Å². The summed E-state index contributed by atoms with van der Waals surface area (Å²) >= 11 is 0. The van der Waals surface area contributed by atoms with Gasteiger partial charge in [0.05, 0.1) is 5.84 Å². The molecule has 0 aliphatic heterocycles. The Balaban J connectivity index is 2.13. The van der Waals surface area contributed by atoms with Crippen LogP contribution < -0.4 is 5.73 Å². The molecule has 0 aromatic heterocycles.